The SMILES string of the molecule is C/C(=C/OC=O)C1CCCC1.CC. The second kappa shape index (κ2) is 7.84. The van der Waals surface area contributed by atoms with Crippen molar-refractivity contribution in [2.45, 2.75) is 46.5 Å². The van der Waals surface area contributed by atoms with Gasteiger partial charge in [-0.3, -0.25) is 4.79 Å². The van der Waals surface area contributed by atoms with Crippen LogP contribution in [-0.4, -0.2) is 6.47 Å². The third-order valence-corrected chi connectivity index (χ3v) is 2.31. The van der Waals surface area contributed by atoms with Crippen molar-refractivity contribution in [2.24, 2.45) is 5.92 Å². The van der Waals surface area contributed by atoms with Crippen LogP contribution in [0.5, 0.6) is 0 Å². The summed E-state index contributed by atoms with van der Waals surface area (Å²) in [6.07, 6.45) is 6.71. The fraction of sp³-hybridized carbons (Fsp3) is 0.727. The van der Waals surface area contributed by atoms with E-state index in [1.165, 1.54) is 31.3 Å². The molecule has 1 saturated carbocycles. The molecule has 2 heteroatoms. The molecule has 1 aliphatic carbocycles. The molecular formula is C11H20O2. The third kappa shape index (κ3) is 4.71. The second-order valence-electron chi connectivity index (χ2n) is 3.08. The number of hydrogen-bond acceptors (Lipinski definition) is 2. The molecule has 1 rings (SSSR count). The van der Waals surface area contributed by atoms with Crippen LogP contribution < -0.4 is 0 Å². The Morgan fingerprint density at radius 3 is 2.31 bits per heavy atom. The van der Waals surface area contributed by atoms with Crippen molar-refractivity contribution >= 4 is 6.47 Å². The average molecular weight is 184 g/mol. The van der Waals surface area contributed by atoms with Gasteiger partial charge in [-0.25, -0.2) is 0 Å². The number of rotatable bonds is 3. The van der Waals surface area contributed by atoms with Crippen molar-refractivity contribution in [3.63, 3.8) is 0 Å². The number of ether oxygens (including phenoxy) is 1. The predicted octanol–water partition coefficient (Wildman–Crippen LogP) is 3.28. The fourth-order valence-electron chi connectivity index (χ4n) is 1.61. The van der Waals surface area contributed by atoms with Gasteiger partial charge >= 0.3 is 0 Å². The lowest BCUT2D eigenvalue weighted by molar-refractivity contribution is -0.123. The Balaban J connectivity index is 0.000000671. The maximum absolute atomic E-state index is 9.86. The van der Waals surface area contributed by atoms with E-state index in [1.54, 1.807) is 6.26 Å². The molecule has 0 aromatic carbocycles. The summed E-state index contributed by atoms with van der Waals surface area (Å²) in [5.74, 6) is 0.662. The highest BCUT2D eigenvalue weighted by Gasteiger charge is 2.16. The first-order valence-electron chi connectivity index (χ1n) is 5.10. The Morgan fingerprint density at radius 2 is 1.85 bits per heavy atom. The van der Waals surface area contributed by atoms with Gasteiger partial charge in [-0.05, 0) is 31.3 Å². The number of allylic oxidation sites excluding steroid dienone is 1. The summed E-state index contributed by atoms with van der Waals surface area (Å²) >= 11 is 0. The van der Waals surface area contributed by atoms with Gasteiger partial charge in [-0.2, -0.15) is 0 Å². The van der Waals surface area contributed by atoms with Crippen LogP contribution in [0, 0.1) is 5.92 Å². The van der Waals surface area contributed by atoms with Gasteiger partial charge in [0, 0.05) is 0 Å². The van der Waals surface area contributed by atoms with E-state index in [-0.39, 0.29) is 0 Å². The lowest BCUT2D eigenvalue weighted by Gasteiger charge is -2.07. The third-order valence-electron chi connectivity index (χ3n) is 2.31. The Morgan fingerprint density at radius 1 is 1.31 bits per heavy atom. The summed E-state index contributed by atoms with van der Waals surface area (Å²) in [4.78, 5) is 9.86. The van der Waals surface area contributed by atoms with E-state index in [0.29, 0.717) is 12.4 Å². The molecule has 13 heavy (non-hydrogen) atoms. The first-order chi connectivity index (χ1) is 6.34. The molecule has 0 aromatic heterocycles. The van der Waals surface area contributed by atoms with Gasteiger partial charge in [-0.1, -0.05) is 26.7 Å². The molecule has 0 heterocycles. The van der Waals surface area contributed by atoms with E-state index in [2.05, 4.69) is 4.74 Å². The molecule has 0 aromatic rings. The maximum atomic E-state index is 9.86. The fourth-order valence-corrected chi connectivity index (χ4v) is 1.61. The quantitative estimate of drug-likeness (QED) is 0.497. The van der Waals surface area contributed by atoms with E-state index in [4.69, 9.17) is 0 Å². The molecule has 2 nitrogen and oxygen atoms in total. The van der Waals surface area contributed by atoms with Gasteiger partial charge in [0.15, 0.2) is 0 Å². The van der Waals surface area contributed by atoms with Gasteiger partial charge in [0.25, 0.3) is 6.47 Å². The Kier molecular flexibility index (Phi) is 7.36. The number of hydrogen-bond donors (Lipinski definition) is 0. The molecule has 1 aliphatic rings. The van der Waals surface area contributed by atoms with Crippen molar-refractivity contribution in [2.75, 3.05) is 0 Å². The van der Waals surface area contributed by atoms with Gasteiger partial charge in [0.05, 0.1) is 6.26 Å². The molecule has 0 aliphatic heterocycles. The Labute approximate surface area is 81.0 Å². The lowest BCUT2D eigenvalue weighted by Crippen LogP contribution is -1.95. The van der Waals surface area contributed by atoms with Gasteiger partial charge in [0.1, 0.15) is 0 Å². The highest BCUT2D eigenvalue weighted by atomic mass is 16.5. The lowest BCUT2D eigenvalue weighted by atomic mass is 10.0. The van der Waals surface area contributed by atoms with Gasteiger partial charge in [-0.15, -0.1) is 0 Å². The van der Waals surface area contributed by atoms with Crippen LogP contribution in [-0.2, 0) is 9.53 Å². The maximum Gasteiger partial charge on any atom is 0.297 e. The Hall–Kier alpha value is -0.790. The molecule has 0 atom stereocenters. The van der Waals surface area contributed by atoms with Crippen LogP contribution >= 0.6 is 0 Å². The van der Waals surface area contributed by atoms with Crippen LogP contribution in [0.15, 0.2) is 11.8 Å². The van der Waals surface area contributed by atoms with Gasteiger partial charge < -0.3 is 4.74 Å². The zero-order chi connectivity index (χ0) is 10.1. The van der Waals surface area contributed by atoms with Crippen LogP contribution in [0.25, 0.3) is 0 Å². The van der Waals surface area contributed by atoms with Crippen LogP contribution in [0.3, 0.4) is 0 Å². The minimum Gasteiger partial charge on any atom is -0.437 e. The molecule has 0 spiro atoms. The van der Waals surface area contributed by atoms with Crippen molar-refractivity contribution < 1.29 is 9.53 Å². The van der Waals surface area contributed by atoms with Crippen molar-refractivity contribution in [3.8, 4) is 0 Å². The number of carbonyl (C=O) groups excluding carboxylic acids is 1. The summed E-state index contributed by atoms with van der Waals surface area (Å²) < 4.78 is 4.57. The first-order valence-corrected chi connectivity index (χ1v) is 5.10. The highest BCUT2D eigenvalue weighted by Crippen LogP contribution is 2.30. The standard InChI is InChI=1S/C9H14O2.C2H6/c1-8(6-11-7-10)9-4-2-3-5-9;1-2/h6-7,9H,2-5H2,1H3;1-2H3/b8-6-;. The van der Waals surface area contributed by atoms with Crippen molar-refractivity contribution in [1.29, 1.82) is 0 Å². The first kappa shape index (κ1) is 12.2. The monoisotopic (exact) mass is 184 g/mol. The van der Waals surface area contributed by atoms with E-state index < -0.39 is 0 Å². The largest absolute Gasteiger partial charge is 0.437 e. The average Bonchev–Trinajstić information content (AvgIpc) is 2.70. The molecule has 0 amide bonds. The smallest absolute Gasteiger partial charge is 0.297 e. The minimum absolute atomic E-state index is 0.471. The highest BCUT2D eigenvalue weighted by molar-refractivity contribution is 5.38. The zero-order valence-electron chi connectivity index (χ0n) is 8.88. The van der Waals surface area contributed by atoms with Crippen LogP contribution in [0.1, 0.15) is 46.5 Å². The predicted molar refractivity (Wildman–Crippen MR) is 54.2 cm³/mol. The zero-order valence-corrected chi connectivity index (χ0v) is 8.88. The molecule has 0 unspecified atom stereocenters. The minimum atomic E-state index is 0.471. The normalized spacial score (nSPS) is 17.6. The van der Waals surface area contributed by atoms with Crippen molar-refractivity contribution in [1.82, 2.24) is 0 Å². The van der Waals surface area contributed by atoms with Gasteiger partial charge in [0.2, 0.25) is 0 Å². The summed E-state index contributed by atoms with van der Waals surface area (Å²) in [5.41, 5.74) is 1.20. The van der Waals surface area contributed by atoms with E-state index in [9.17, 15) is 4.79 Å². The van der Waals surface area contributed by atoms with E-state index >= 15 is 0 Å². The molecule has 0 N–H and O–H groups in total. The molecule has 0 radical (unpaired) electrons. The summed E-state index contributed by atoms with van der Waals surface area (Å²) in [5, 5.41) is 0. The summed E-state index contributed by atoms with van der Waals surface area (Å²) in [7, 11) is 0. The van der Waals surface area contributed by atoms with E-state index in [0.717, 1.165) is 0 Å². The number of carbonyl (C=O) groups is 1. The summed E-state index contributed by atoms with van der Waals surface area (Å²) in [6, 6.07) is 0. The molecule has 76 valence electrons. The molecule has 0 bridgehead atoms. The molecular weight excluding hydrogens is 164 g/mol. The van der Waals surface area contributed by atoms with Crippen LogP contribution in [0.4, 0.5) is 0 Å². The molecule has 0 saturated heterocycles. The second-order valence-corrected chi connectivity index (χ2v) is 3.08. The van der Waals surface area contributed by atoms with Crippen LogP contribution in [0.2, 0.25) is 0 Å². The molecule has 1 fully saturated rings. The Bertz CT molecular complexity index is 155. The topological polar surface area (TPSA) is 26.3 Å². The van der Waals surface area contributed by atoms with Crippen molar-refractivity contribution in [3.05, 3.63) is 11.8 Å². The summed E-state index contributed by atoms with van der Waals surface area (Å²) in [6.45, 7) is 6.50. The van der Waals surface area contributed by atoms with E-state index in [1.807, 2.05) is 20.8 Å².